The summed E-state index contributed by atoms with van der Waals surface area (Å²) in [6.45, 7) is 1.72. The number of nitrogens with two attached hydrogens (primary N) is 2. The van der Waals surface area contributed by atoms with Gasteiger partial charge in [-0.15, -0.1) is 0 Å². The van der Waals surface area contributed by atoms with Crippen LogP contribution in [0.4, 0.5) is 5.82 Å². The zero-order chi connectivity index (χ0) is 13.8. The number of piperidine rings is 1. The number of nitrogens with zero attached hydrogens (tertiary/aromatic N) is 4. The molecule has 0 spiro atoms. The van der Waals surface area contributed by atoms with Crippen LogP contribution in [0.25, 0.3) is 0 Å². The topological polar surface area (TPSA) is 110 Å². The van der Waals surface area contributed by atoms with E-state index in [0.29, 0.717) is 10.4 Å². The maximum atomic E-state index is 12.0. The van der Waals surface area contributed by atoms with Gasteiger partial charge in [-0.1, -0.05) is 0 Å². The molecule has 1 amide bonds. The van der Waals surface area contributed by atoms with Crippen LogP contribution < -0.4 is 16.4 Å². The first-order chi connectivity index (χ1) is 9.08. The van der Waals surface area contributed by atoms with Crippen LogP contribution in [-0.2, 0) is 0 Å². The summed E-state index contributed by atoms with van der Waals surface area (Å²) in [4.78, 5) is 26.0. The molecule has 8 heteroatoms. The standard InChI is InChI=1S/C11H15BrN6O/c12-7-6-15-9(18-4-2-1-3-5-18)8(16-7)10(19)17-11(13)14/h6H,1-5H2,(H4,13,14,17,19). The molecule has 1 fully saturated rings. The van der Waals surface area contributed by atoms with Crippen LogP contribution in [0.3, 0.4) is 0 Å². The van der Waals surface area contributed by atoms with Crippen molar-refractivity contribution in [2.75, 3.05) is 18.0 Å². The van der Waals surface area contributed by atoms with E-state index in [1.165, 1.54) is 6.42 Å². The molecule has 0 aromatic carbocycles. The molecule has 19 heavy (non-hydrogen) atoms. The molecule has 4 N–H and O–H groups in total. The maximum Gasteiger partial charge on any atom is 0.302 e. The van der Waals surface area contributed by atoms with E-state index in [1.54, 1.807) is 6.20 Å². The highest BCUT2D eigenvalue weighted by atomic mass is 79.9. The lowest BCUT2D eigenvalue weighted by molar-refractivity contribution is 0.0998. The fourth-order valence-electron chi connectivity index (χ4n) is 2.01. The molecule has 0 unspecified atom stereocenters. The van der Waals surface area contributed by atoms with Crippen LogP contribution >= 0.6 is 15.9 Å². The Morgan fingerprint density at radius 1 is 1.32 bits per heavy atom. The van der Waals surface area contributed by atoms with Crippen LogP contribution in [0.15, 0.2) is 15.8 Å². The first-order valence-corrected chi connectivity index (χ1v) is 6.78. The lowest BCUT2D eigenvalue weighted by atomic mass is 10.1. The summed E-state index contributed by atoms with van der Waals surface area (Å²) < 4.78 is 0.474. The molecular formula is C11H15BrN6O. The summed E-state index contributed by atoms with van der Waals surface area (Å²) in [6.07, 6.45) is 4.91. The number of aromatic nitrogens is 2. The number of halogens is 1. The van der Waals surface area contributed by atoms with E-state index in [9.17, 15) is 4.79 Å². The van der Waals surface area contributed by atoms with Crippen molar-refractivity contribution in [3.8, 4) is 0 Å². The van der Waals surface area contributed by atoms with Gasteiger partial charge in [-0.05, 0) is 35.2 Å². The molecule has 1 aromatic heterocycles. The average molecular weight is 327 g/mol. The second-order valence-corrected chi connectivity index (χ2v) is 5.07. The molecule has 2 heterocycles. The molecule has 0 radical (unpaired) electrons. The largest absolute Gasteiger partial charge is 0.370 e. The number of hydrogen-bond acceptors (Lipinski definition) is 4. The van der Waals surface area contributed by atoms with E-state index >= 15 is 0 Å². The molecule has 0 saturated carbocycles. The molecule has 1 saturated heterocycles. The number of aliphatic imine (C=N–C) groups is 1. The van der Waals surface area contributed by atoms with Crippen molar-refractivity contribution in [3.05, 3.63) is 16.5 Å². The van der Waals surface area contributed by atoms with Crippen LogP contribution in [0.1, 0.15) is 29.8 Å². The van der Waals surface area contributed by atoms with Crippen LogP contribution in [0.2, 0.25) is 0 Å². The molecule has 0 atom stereocenters. The third-order valence-corrected chi connectivity index (χ3v) is 3.19. The minimum atomic E-state index is -0.575. The number of guanidine groups is 1. The SMILES string of the molecule is NC(N)=NC(=O)c1nc(Br)cnc1N1CCCCC1. The minimum Gasteiger partial charge on any atom is -0.370 e. The van der Waals surface area contributed by atoms with Gasteiger partial charge in [-0.2, -0.15) is 4.99 Å². The van der Waals surface area contributed by atoms with E-state index in [4.69, 9.17) is 11.5 Å². The zero-order valence-corrected chi connectivity index (χ0v) is 11.9. The van der Waals surface area contributed by atoms with Crippen molar-refractivity contribution in [2.45, 2.75) is 19.3 Å². The second kappa shape index (κ2) is 5.96. The van der Waals surface area contributed by atoms with Gasteiger partial charge in [0.05, 0.1) is 6.20 Å². The summed E-state index contributed by atoms with van der Waals surface area (Å²) in [5.41, 5.74) is 10.6. The van der Waals surface area contributed by atoms with Gasteiger partial charge in [0, 0.05) is 13.1 Å². The number of amides is 1. The Bertz CT molecular complexity index is 508. The predicted octanol–water partition coefficient (Wildman–Crippen LogP) is 0.643. The second-order valence-electron chi connectivity index (χ2n) is 4.25. The molecule has 0 aliphatic carbocycles. The van der Waals surface area contributed by atoms with E-state index < -0.39 is 5.91 Å². The molecule has 0 bridgehead atoms. The van der Waals surface area contributed by atoms with Crippen LogP contribution in [-0.4, -0.2) is 34.9 Å². The molecule has 1 aliphatic heterocycles. The predicted molar refractivity (Wildman–Crippen MR) is 75.9 cm³/mol. The van der Waals surface area contributed by atoms with Gasteiger partial charge in [0.15, 0.2) is 17.5 Å². The Morgan fingerprint density at radius 3 is 2.63 bits per heavy atom. The number of carbonyl (C=O) groups excluding carboxylic acids is 1. The molecule has 7 nitrogen and oxygen atoms in total. The summed E-state index contributed by atoms with van der Waals surface area (Å²) in [5, 5.41) is 0. The molecule has 1 aliphatic rings. The molecule has 2 rings (SSSR count). The van der Waals surface area contributed by atoms with Crippen molar-refractivity contribution in [1.29, 1.82) is 0 Å². The van der Waals surface area contributed by atoms with Gasteiger partial charge in [0.1, 0.15) is 4.60 Å². The average Bonchev–Trinajstić information content (AvgIpc) is 2.39. The summed E-state index contributed by atoms with van der Waals surface area (Å²) in [7, 11) is 0. The van der Waals surface area contributed by atoms with Crippen LogP contribution in [0.5, 0.6) is 0 Å². The molecule has 102 valence electrons. The Kier molecular flexibility index (Phi) is 4.31. The van der Waals surface area contributed by atoms with Crippen molar-refractivity contribution in [2.24, 2.45) is 16.5 Å². The van der Waals surface area contributed by atoms with Crippen LogP contribution in [0, 0.1) is 0 Å². The van der Waals surface area contributed by atoms with E-state index in [1.807, 2.05) is 4.90 Å². The summed E-state index contributed by atoms with van der Waals surface area (Å²) in [6, 6.07) is 0. The molecular weight excluding hydrogens is 312 g/mol. The Morgan fingerprint density at radius 2 is 2.00 bits per heavy atom. The van der Waals surface area contributed by atoms with Gasteiger partial charge in [0.25, 0.3) is 0 Å². The lowest BCUT2D eigenvalue weighted by Gasteiger charge is -2.28. The normalized spacial score (nSPS) is 15.1. The van der Waals surface area contributed by atoms with E-state index in [-0.39, 0.29) is 11.7 Å². The van der Waals surface area contributed by atoms with Gasteiger partial charge < -0.3 is 16.4 Å². The Hall–Kier alpha value is -1.70. The highest BCUT2D eigenvalue weighted by Gasteiger charge is 2.21. The third-order valence-electron chi connectivity index (χ3n) is 2.81. The number of anilines is 1. The maximum absolute atomic E-state index is 12.0. The summed E-state index contributed by atoms with van der Waals surface area (Å²) >= 11 is 3.20. The minimum absolute atomic E-state index is 0.171. The van der Waals surface area contributed by atoms with Crippen molar-refractivity contribution < 1.29 is 4.79 Å². The Balaban J connectivity index is 2.37. The van der Waals surface area contributed by atoms with Crippen molar-refractivity contribution >= 4 is 33.6 Å². The van der Waals surface area contributed by atoms with Gasteiger partial charge >= 0.3 is 5.91 Å². The zero-order valence-electron chi connectivity index (χ0n) is 10.3. The first kappa shape index (κ1) is 13.7. The third kappa shape index (κ3) is 3.40. The van der Waals surface area contributed by atoms with Gasteiger partial charge in [0.2, 0.25) is 0 Å². The van der Waals surface area contributed by atoms with Gasteiger partial charge in [-0.3, -0.25) is 4.79 Å². The fourth-order valence-corrected chi connectivity index (χ4v) is 2.29. The number of hydrogen-bond donors (Lipinski definition) is 2. The smallest absolute Gasteiger partial charge is 0.302 e. The summed E-state index contributed by atoms with van der Waals surface area (Å²) in [5.74, 6) is -0.316. The highest BCUT2D eigenvalue weighted by Crippen LogP contribution is 2.22. The Labute approximate surface area is 119 Å². The fraction of sp³-hybridized carbons (Fsp3) is 0.455. The van der Waals surface area contributed by atoms with Crippen molar-refractivity contribution in [1.82, 2.24) is 9.97 Å². The number of carbonyl (C=O) groups is 1. The lowest BCUT2D eigenvalue weighted by Crippen LogP contribution is -2.32. The van der Waals surface area contributed by atoms with E-state index in [2.05, 4.69) is 30.9 Å². The quantitative estimate of drug-likeness (QED) is 0.609. The first-order valence-electron chi connectivity index (χ1n) is 5.99. The van der Waals surface area contributed by atoms with E-state index in [0.717, 1.165) is 25.9 Å². The van der Waals surface area contributed by atoms with Crippen molar-refractivity contribution in [3.63, 3.8) is 0 Å². The molecule has 1 aromatic rings. The van der Waals surface area contributed by atoms with Gasteiger partial charge in [-0.25, -0.2) is 9.97 Å². The number of rotatable bonds is 2. The monoisotopic (exact) mass is 326 g/mol. The highest BCUT2D eigenvalue weighted by molar-refractivity contribution is 9.10.